The maximum atomic E-state index is 13.6. The van der Waals surface area contributed by atoms with Crippen LogP contribution in [-0.4, -0.2) is 87.5 Å². The highest BCUT2D eigenvalue weighted by molar-refractivity contribution is 8.08. The van der Waals surface area contributed by atoms with Gasteiger partial charge in [0.25, 0.3) is 0 Å². The Labute approximate surface area is 285 Å². The van der Waals surface area contributed by atoms with Gasteiger partial charge in [0.2, 0.25) is 0 Å². The van der Waals surface area contributed by atoms with Gasteiger partial charge in [-0.05, 0) is 32.1 Å². The van der Waals surface area contributed by atoms with Gasteiger partial charge >= 0.3 is 23.9 Å². The van der Waals surface area contributed by atoms with Gasteiger partial charge in [0.05, 0.1) is 40.2 Å². The maximum absolute atomic E-state index is 13.6. The zero-order chi connectivity index (χ0) is 34.9. The molecule has 0 spiro atoms. The van der Waals surface area contributed by atoms with Gasteiger partial charge < -0.3 is 28.7 Å². The van der Waals surface area contributed by atoms with Gasteiger partial charge in [-0.15, -0.1) is 11.8 Å². The van der Waals surface area contributed by atoms with Gasteiger partial charge in [0.15, 0.2) is 0 Å². The van der Waals surface area contributed by atoms with Crippen LogP contribution >= 0.6 is 23.5 Å². The third-order valence-electron chi connectivity index (χ3n) is 7.53. The third kappa shape index (κ3) is 9.13. The van der Waals surface area contributed by atoms with Crippen LogP contribution in [0.15, 0.2) is 85.8 Å². The van der Waals surface area contributed by atoms with E-state index in [1.807, 2.05) is 50.4 Å². The first kappa shape index (κ1) is 37.6. The quantitative estimate of drug-likeness (QED) is 0.138. The Morgan fingerprint density at radius 3 is 2.13 bits per heavy atom. The van der Waals surface area contributed by atoms with Crippen LogP contribution in [-0.2, 0) is 44.7 Å². The lowest BCUT2D eigenvalue weighted by atomic mass is 9.85. The average Bonchev–Trinajstić information content (AvgIpc) is 3.06. The van der Waals surface area contributed by atoms with Crippen molar-refractivity contribution < 1.29 is 38.1 Å². The van der Waals surface area contributed by atoms with Crippen molar-refractivity contribution in [2.45, 2.75) is 46.7 Å². The molecule has 0 aromatic heterocycles. The molecular weight excluding hydrogens is 641 g/mol. The Kier molecular flexibility index (Phi) is 13.4. The molecule has 1 aliphatic carbocycles. The number of rotatable bonds is 14. The molecule has 0 N–H and O–H groups in total. The molecule has 0 bridgehead atoms. The van der Waals surface area contributed by atoms with E-state index >= 15 is 0 Å². The van der Waals surface area contributed by atoms with Crippen LogP contribution in [0.1, 0.15) is 39.7 Å². The summed E-state index contributed by atoms with van der Waals surface area (Å²) in [7, 11) is 5.09. The lowest BCUT2D eigenvalue weighted by Crippen LogP contribution is -2.38. The van der Waals surface area contributed by atoms with Crippen LogP contribution in [0.5, 0.6) is 0 Å². The summed E-state index contributed by atoms with van der Waals surface area (Å²) in [4.78, 5) is 57.7. The molecule has 0 amide bonds. The summed E-state index contributed by atoms with van der Waals surface area (Å²) in [5.41, 5.74) is 2.30. The Hall–Kier alpha value is -3.90. The van der Waals surface area contributed by atoms with Crippen LogP contribution in [0.3, 0.4) is 0 Å². The van der Waals surface area contributed by atoms with Gasteiger partial charge in [0.1, 0.15) is 16.2 Å². The fourth-order valence-corrected chi connectivity index (χ4v) is 7.63. The van der Waals surface area contributed by atoms with Gasteiger partial charge in [-0.25, -0.2) is 19.2 Å². The Morgan fingerprint density at radius 1 is 0.915 bits per heavy atom. The van der Waals surface area contributed by atoms with Crippen molar-refractivity contribution in [3.8, 4) is 0 Å². The summed E-state index contributed by atoms with van der Waals surface area (Å²) >= 11 is 2.78. The number of allylic oxidation sites excluding steroid dienone is 4. The monoisotopic (exact) mass is 684 g/mol. The standard InChI is InChI=1S/C35H44N2O8S2/c1-22(2)37(24(32(39)43-6)18-27(38)42-5)17-13-16-36(21-23-14-11-10-12-15-23)30-28-25(46-9)19-35(3,4)20-26(28)47-31(34(41)45-8)29(30)33(40)44-7/h10-12,14-15,18-20,22H,13,16-17,21H2,1-9H3/b24-18-. The summed E-state index contributed by atoms with van der Waals surface area (Å²) in [5, 5.41) is 0. The molecule has 0 unspecified atom stereocenters. The van der Waals surface area contributed by atoms with Crippen molar-refractivity contribution >= 4 is 47.4 Å². The van der Waals surface area contributed by atoms with Crippen LogP contribution in [0, 0.1) is 5.41 Å². The average molecular weight is 685 g/mol. The van der Waals surface area contributed by atoms with Crippen LogP contribution in [0.2, 0.25) is 0 Å². The second-order valence-corrected chi connectivity index (χ2v) is 13.5. The largest absolute Gasteiger partial charge is 0.466 e. The SMILES string of the molecule is COC(=O)/C=C(/C(=O)OC)N(CCCN(Cc1ccccc1)C1=C2C(SC)=CC(C)(C)C=C2SC(C(=O)OC)=C1C(=O)OC)C(C)C. The molecule has 12 heteroatoms. The number of fused-ring (bicyclic) bond motifs is 1. The number of carbonyl (C=O) groups is 4. The molecule has 0 atom stereocenters. The lowest BCUT2D eigenvalue weighted by molar-refractivity contribution is -0.140. The number of carbonyl (C=O) groups excluding carboxylic acids is 4. The molecule has 0 fully saturated rings. The van der Waals surface area contributed by atoms with Crippen LogP contribution < -0.4 is 0 Å². The highest BCUT2D eigenvalue weighted by Crippen LogP contribution is 2.53. The fourth-order valence-electron chi connectivity index (χ4n) is 5.39. The van der Waals surface area contributed by atoms with E-state index in [-0.39, 0.29) is 27.6 Å². The minimum absolute atomic E-state index is 0.0792. The number of methoxy groups -OCH3 is 4. The molecule has 47 heavy (non-hydrogen) atoms. The first-order chi connectivity index (χ1) is 22.3. The van der Waals surface area contributed by atoms with Crippen LogP contribution in [0.4, 0.5) is 0 Å². The number of nitrogens with zero attached hydrogens (tertiary/aromatic N) is 2. The van der Waals surface area contributed by atoms with Gasteiger partial charge in [-0.3, -0.25) is 0 Å². The lowest BCUT2D eigenvalue weighted by Gasteiger charge is -2.38. The van der Waals surface area contributed by atoms with E-state index in [9.17, 15) is 19.2 Å². The normalized spacial score (nSPS) is 15.7. The molecule has 3 rings (SSSR count). The topological polar surface area (TPSA) is 112 Å². The minimum atomic E-state index is -0.674. The molecule has 0 saturated heterocycles. The number of hydrogen-bond donors (Lipinski definition) is 0. The Balaban J connectivity index is 2.24. The predicted octanol–water partition coefficient (Wildman–Crippen LogP) is 5.59. The molecule has 1 aliphatic heterocycles. The van der Waals surface area contributed by atoms with Crippen molar-refractivity contribution in [2.75, 3.05) is 47.8 Å². The molecule has 0 saturated carbocycles. The summed E-state index contributed by atoms with van der Waals surface area (Å²) in [6, 6.07) is 9.66. The highest BCUT2D eigenvalue weighted by Gasteiger charge is 2.40. The summed E-state index contributed by atoms with van der Waals surface area (Å²) < 4.78 is 20.3. The van der Waals surface area contributed by atoms with E-state index in [0.29, 0.717) is 31.8 Å². The zero-order valence-corrected chi connectivity index (χ0v) is 30.1. The number of hydrogen-bond acceptors (Lipinski definition) is 12. The van der Waals surface area contributed by atoms with Crippen LogP contribution in [0.25, 0.3) is 0 Å². The second kappa shape index (κ2) is 16.8. The number of esters is 4. The van der Waals surface area contributed by atoms with E-state index in [1.165, 1.54) is 40.2 Å². The van der Waals surface area contributed by atoms with Gasteiger partial charge in [-0.2, -0.15) is 0 Å². The first-order valence-electron chi connectivity index (χ1n) is 15.1. The minimum Gasteiger partial charge on any atom is -0.466 e. The van der Waals surface area contributed by atoms with E-state index in [2.05, 4.69) is 30.9 Å². The first-order valence-corrected chi connectivity index (χ1v) is 17.1. The predicted molar refractivity (Wildman–Crippen MR) is 185 cm³/mol. The molecule has 10 nitrogen and oxygen atoms in total. The second-order valence-electron chi connectivity index (χ2n) is 11.6. The molecule has 0 radical (unpaired) electrons. The van der Waals surface area contributed by atoms with Gasteiger partial charge in [0, 0.05) is 46.5 Å². The van der Waals surface area contributed by atoms with Gasteiger partial charge in [-0.1, -0.05) is 68.1 Å². The zero-order valence-electron chi connectivity index (χ0n) is 28.5. The highest BCUT2D eigenvalue weighted by atomic mass is 32.2. The van der Waals surface area contributed by atoms with Crippen molar-refractivity contribution in [3.63, 3.8) is 0 Å². The number of thioether (sulfide) groups is 2. The van der Waals surface area contributed by atoms with E-state index in [0.717, 1.165) is 27.0 Å². The smallest absolute Gasteiger partial charge is 0.354 e. The van der Waals surface area contributed by atoms with E-state index in [4.69, 9.17) is 18.9 Å². The summed E-state index contributed by atoms with van der Waals surface area (Å²) in [5.74, 6) is -2.62. The number of ether oxygens (including phenoxy) is 4. The third-order valence-corrected chi connectivity index (χ3v) is 9.41. The van der Waals surface area contributed by atoms with Crippen molar-refractivity contribution in [3.05, 3.63) is 91.4 Å². The van der Waals surface area contributed by atoms with E-state index in [1.54, 1.807) is 16.7 Å². The molecule has 254 valence electrons. The van der Waals surface area contributed by atoms with E-state index < -0.39 is 23.9 Å². The molecule has 1 aromatic carbocycles. The van der Waals surface area contributed by atoms with Crippen molar-refractivity contribution in [2.24, 2.45) is 5.41 Å². The Morgan fingerprint density at radius 2 is 1.57 bits per heavy atom. The van der Waals surface area contributed by atoms with Crippen molar-refractivity contribution in [1.82, 2.24) is 9.80 Å². The number of benzene rings is 1. The molecular formula is C35H44N2O8S2. The summed E-state index contributed by atoms with van der Waals surface area (Å²) in [6.45, 7) is 9.18. The van der Waals surface area contributed by atoms with Crippen molar-refractivity contribution in [1.29, 1.82) is 0 Å². The summed E-state index contributed by atoms with van der Waals surface area (Å²) in [6.07, 6.45) is 7.88. The molecule has 1 aromatic rings. The Bertz CT molecular complexity index is 1520. The molecule has 2 aliphatic rings. The molecule has 1 heterocycles. The maximum Gasteiger partial charge on any atom is 0.354 e. The fraction of sp³-hybridized carbons (Fsp3) is 0.429.